The van der Waals surface area contributed by atoms with Crippen molar-refractivity contribution in [1.29, 1.82) is 5.26 Å². The fraction of sp³-hybridized carbons (Fsp3) is 0.222. The summed E-state index contributed by atoms with van der Waals surface area (Å²) in [5.41, 5.74) is -0.855. The number of nitriles is 1. The number of alkyl halides is 3. The SMILES string of the molecule is N#CCS(=O)c1cccc(C(F)(F)F)c1. The zero-order chi connectivity index (χ0) is 11.5. The maximum atomic E-state index is 12.3. The summed E-state index contributed by atoms with van der Waals surface area (Å²) in [6, 6.07) is 5.82. The van der Waals surface area contributed by atoms with Crippen molar-refractivity contribution < 1.29 is 17.4 Å². The Balaban J connectivity index is 3.04. The summed E-state index contributed by atoms with van der Waals surface area (Å²) in [4.78, 5) is 0.0198. The van der Waals surface area contributed by atoms with Crippen molar-refractivity contribution in [2.75, 3.05) is 5.75 Å². The van der Waals surface area contributed by atoms with Gasteiger partial charge in [-0.2, -0.15) is 18.4 Å². The van der Waals surface area contributed by atoms with Gasteiger partial charge in [0, 0.05) is 4.90 Å². The van der Waals surface area contributed by atoms with Crippen molar-refractivity contribution >= 4 is 10.8 Å². The van der Waals surface area contributed by atoms with Crippen molar-refractivity contribution in [3.63, 3.8) is 0 Å². The van der Waals surface area contributed by atoms with Crippen molar-refractivity contribution in [2.24, 2.45) is 0 Å². The number of hydrogen-bond donors (Lipinski definition) is 0. The summed E-state index contributed by atoms with van der Waals surface area (Å²) in [6.45, 7) is 0. The standard InChI is InChI=1S/C9H6F3NOS/c10-9(11,12)7-2-1-3-8(6-7)15(14)5-4-13/h1-3,6H,5H2. The van der Waals surface area contributed by atoms with Gasteiger partial charge >= 0.3 is 6.18 Å². The Kier molecular flexibility index (Phi) is 3.48. The zero-order valence-electron chi connectivity index (χ0n) is 7.41. The largest absolute Gasteiger partial charge is 0.416 e. The molecule has 0 N–H and O–H groups in total. The first-order valence-electron chi connectivity index (χ1n) is 3.87. The maximum absolute atomic E-state index is 12.3. The minimum absolute atomic E-state index is 0.0198. The molecule has 0 aromatic heterocycles. The van der Waals surface area contributed by atoms with Gasteiger partial charge < -0.3 is 0 Å². The van der Waals surface area contributed by atoms with E-state index in [-0.39, 0.29) is 10.6 Å². The average molecular weight is 233 g/mol. The van der Waals surface area contributed by atoms with Crippen LogP contribution in [0.15, 0.2) is 29.2 Å². The van der Waals surface area contributed by atoms with E-state index in [0.717, 1.165) is 12.1 Å². The van der Waals surface area contributed by atoms with E-state index in [9.17, 15) is 17.4 Å². The lowest BCUT2D eigenvalue weighted by atomic mass is 10.2. The Morgan fingerprint density at radius 2 is 2.07 bits per heavy atom. The summed E-state index contributed by atoms with van der Waals surface area (Å²) in [7, 11) is -1.69. The lowest BCUT2D eigenvalue weighted by Crippen LogP contribution is -2.06. The molecular weight excluding hydrogens is 227 g/mol. The molecular formula is C9H6F3NOS. The van der Waals surface area contributed by atoms with Gasteiger partial charge in [0.1, 0.15) is 5.75 Å². The maximum Gasteiger partial charge on any atom is 0.416 e. The molecule has 1 aromatic rings. The number of nitrogens with zero attached hydrogens (tertiary/aromatic N) is 1. The highest BCUT2D eigenvalue weighted by atomic mass is 32.2. The van der Waals surface area contributed by atoms with Gasteiger partial charge in [-0.15, -0.1) is 0 Å². The van der Waals surface area contributed by atoms with E-state index >= 15 is 0 Å². The number of hydrogen-bond acceptors (Lipinski definition) is 2. The van der Waals surface area contributed by atoms with Crippen LogP contribution in [0.25, 0.3) is 0 Å². The third-order valence-corrected chi connectivity index (χ3v) is 2.79. The fourth-order valence-electron chi connectivity index (χ4n) is 0.956. The Labute approximate surface area is 86.8 Å². The first-order chi connectivity index (χ1) is 6.95. The monoisotopic (exact) mass is 233 g/mol. The van der Waals surface area contributed by atoms with Gasteiger partial charge in [0.2, 0.25) is 0 Å². The molecule has 1 aromatic carbocycles. The molecule has 0 spiro atoms. The average Bonchev–Trinajstić information content (AvgIpc) is 2.17. The first-order valence-corrected chi connectivity index (χ1v) is 5.19. The molecule has 0 radical (unpaired) electrons. The molecule has 1 unspecified atom stereocenters. The van der Waals surface area contributed by atoms with Crippen LogP contribution in [-0.2, 0) is 17.0 Å². The molecule has 0 heterocycles. The second-order valence-corrected chi connectivity index (χ2v) is 4.12. The summed E-state index contributed by atoms with van der Waals surface area (Å²) in [6.07, 6.45) is -4.45. The molecule has 1 rings (SSSR count). The third kappa shape index (κ3) is 3.06. The molecule has 0 amide bonds. The van der Waals surface area contributed by atoms with Crippen molar-refractivity contribution in [3.8, 4) is 6.07 Å². The summed E-state index contributed by atoms with van der Waals surface area (Å²) in [5, 5.41) is 8.26. The van der Waals surface area contributed by atoms with Crippen LogP contribution in [0.3, 0.4) is 0 Å². The predicted molar refractivity (Wildman–Crippen MR) is 48.3 cm³/mol. The Morgan fingerprint density at radius 3 is 2.60 bits per heavy atom. The van der Waals surface area contributed by atoms with E-state index in [2.05, 4.69) is 0 Å². The van der Waals surface area contributed by atoms with Crippen LogP contribution in [0.5, 0.6) is 0 Å². The molecule has 0 aliphatic carbocycles. The van der Waals surface area contributed by atoms with Crippen LogP contribution < -0.4 is 0 Å². The third-order valence-electron chi connectivity index (χ3n) is 1.62. The van der Waals surface area contributed by atoms with E-state index in [0.29, 0.717) is 0 Å². The van der Waals surface area contributed by atoms with E-state index in [1.54, 1.807) is 6.07 Å². The van der Waals surface area contributed by atoms with Crippen LogP contribution in [0, 0.1) is 11.3 Å². The Morgan fingerprint density at radius 1 is 1.40 bits per heavy atom. The molecule has 2 nitrogen and oxygen atoms in total. The van der Waals surface area contributed by atoms with Gasteiger partial charge in [0.15, 0.2) is 0 Å². The Hall–Kier alpha value is -1.35. The van der Waals surface area contributed by atoms with Crippen LogP contribution in [0.2, 0.25) is 0 Å². The summed E-state index contributed by atoms with van der Waals surface area (Å²) in [5.74, 6) is -0.304. The van der Waals surface area contributed by atoms with E-state index < -0.39 is 22.5 Å². The number of rotatable bonds is 2. The van der Waals surface area contributed by atoms with Gasteiger partial charge in [-0.1, -0.05) is 6.07 Å². The van der Waals surface area contributed by atoms with Crippen molar-refractivity contribution in [2.45, 2.75) is 11.1 Å². The van der Waals surface area contributed by atoms with Crippen LogP contribution >= 0.6 is 0 Å². The fourth-order valence-corrected chi connectivity index (χ4v) is 1.73. The molecule has 0 aliphatic heterocycles. The smallest absolute Gasteiger partial charge is 0.253 e. The molecule has 15 heavy (non-hydrogen) atoms. The quantitative estimate of drug-likeness (QED) is 0.786. The Bertz CT molecular complexity index is 422. The van der Waals surface area contributed by atoms with Crippen LogP contribution in [0.1, 0.15) is 5.56 Å². The second-order valence-electron chi connectivity index (χ2n) is 2.67. The lowest BCUT2D eigenvalue weighted by molar-refractivity contribution is -0.137. The number of benzene rings is 1. The summed E-state index contributed by atoms with van der Waals surface area (Å²) >= 11 is 0. The van der Waals surface area contributed by atoms with Gasteiger partial charge in [0.05, 0.1) is 22.4 Å². The van der Waals surface area contributed by atoms with Crippen molar-refractivity contribution in [1.82, 2.24) is 0 Å². The molecule has 6 heteroatoms. The normalized spacial score (nSPS) is 13.2. The highest BCUT2D eigenvalue weighted by molar-refractivity contribution is 7.85. The molecule has 1 atom stereocenters. The summed E-state index contributed by atoms with van der Waals surface area (Å²) < 4.78 is 48.0. The lowest BCUT2D eigenvalue weighted by Gasteiger charge is -2.07. The van der Waals surface area contributed by atoms with Crippen LogP contribution in [-0.4, -0.2) is 9.96 Å². The van der Waals surface area contributed by atoms with Gasteiger partial charge in [0.25, 0.3) is 0 Å². The second kappa shape index (κ2) is 4.45. The first kappa shape index (κ1) is 11.7. The minimum Gasteiger partial charge on any atom is -0.253 e. The molecule has 0 saturated heterocycles. The van der Waals surface area contributed by atoms with Crippen molar-refractivity contribution in [3.05, 3.63) is 29.8 Å². The van der Waals surface area contributed by atoms with E-state index in [4.69, 9.17) is 5.26 Å². The minimum atomic E-state index is -4.45. The molecule has 0 fully saturated rings. The van der Waals surface area contributed by atoms with Gasteiger partial charge in [-0.3, -0.25) is 4.21 Å². The predicted octanol–water partition coefficient (Wildman–Crippen LogP) is 2.34. The molecule has 0 bridgehead atoms. The molecule has 0 aliphatic rings. The zero-order valence-corrected chi connectivity index (χ0v) is 8.23. The molecule has 0 saturated carbocycles. The van der Waals surface area contributed by atoms with Gasteiger partial charge in [-0.25, -0.2) is 0 Å². The highest BCUT2D eigenvalue weighted by Crippen LogP contribution is 2.30. The van der Waals surface area contributed by atoms with Gasteiger partial charge in [-0.05, 0) is 18.2 Å². The number of halogens is 3. The van der Waals surface area contributed by atoms with Crippen LogP contribution in [0.4, 0.5) is 13.2 Å². The highest BCUT2D eigenvalue weighted by Gasteiger charge is 2.30. The molecule has 80 valence electrons. The topological polar surface area (TPSA) is 40.9 Å². The van der Waals surface area contributed by atoms with E-state index in [1.165, 1.54) is 12.1 Å². The van der Waals surface area contributed by atoms with E-state index in [1.807, 2.05) is 0 Å².